The molecule has 0 radical (unpaired) electrons. The van der Waals surface area contributed by atoms with Gasteiger partial charge in [-0.25, -0.2) is 0 Å². The largest absolute Gasteiger partial charge is 0.396 e. The van der Waals surface area contributed by atoms with Crippen LogP contribution in [-0.2, 0) is 0 Å². The number of likely N-dealkylation sites (N-methyl/N-ethyl adjacent to an activating group) is 1. The van der Waals surface area contributed by atoms with Gasteiger partial charge < -0.3 is 10.0 Å². The summed E-state index contributed by atoms with van der Waals surface area (Å²) in [6, 6.07) is 0.607. The number of aliphatic hydroxyl groups excluding tert-OH is 1. The molecule has 1 aliphatic rings. The van der Waals surface area contributed by atoms with Crippen molar-refractivity contribution in [2.75, 3.05) is 33.3 Å². The molecule has 0 aromatic heterocycles. The van der Waals surface area contributed by atoms with Crippen LogP contribution in [0.3, 0.4) is 0 Å². The lowest BCUT2D eigenvalue weighted by molar-refractivity contribution is 0.0127. The summed E-state index contributed by atoms with van der Waals surface area (Å²) < 4.78 is 0. The summed E-state index contributed by atoms with van der Waals surface area (Å²) in [5.74, 6) is 0. The molecule has 0 saturated carbocycles. The highest BCUT2D eigenvalue weighted by Gasteiger charge is 2.32. The number of nitrogens with zero attached hydrogens (tertiary/aromatic N) is 2. The van der Waals surface area contributed by atoms with Gasteiger partial charge in [0.05, 0.1) is 0 Å². The first-order chi connectivity index (χ1) is 6.95. The Kier molecular flexibility index (Phi) is 4.56. The van der Waals surface area contributed by atoms with Crippen LogP contribution in [0.15, 0.2) is 0 Å². The smallest absolute Gasteiger partial charge is 0.0431 e. The second-order valence-electron chi connectivity index (χ2n) is 5.65. The summed E-state index contributed by atoms with van der Waals surface area (Å²) in [6.07, 6.45) is 2.03. The quantitative estimate of drug-likeness (QED) is 0.764. The minimum Gasteiger partial charge on any atom is -0.396 e. The Balaban J connectivity index is 2.58. The molecule has 1 aliphatic heterocycles. The zero-order valence-electron chi connectivity index (χ0n) is 10.7. The maximum absolute atomic E-state index is 8.92. The molecule has 1 unspecified atom stereocenters. The summed E-state index contributed by atoms with van der Waals surface area (Å²) >= 11 is 0. The molecule has 90 valence electrons. The molecule has 0 spiro atoms. The Morgan fingerprint density at radius 1 is 1.27 bits per heavy atom. The average Bonchev–Trinajstić information content (AvgIpc) is 2.12. The van der Waals surface area contributed by atoms with Crippen molar-refractivity contribution < 1.29 is 5.11 Å². The number of aliphatic hydroxyl groups is 1. The fourth-order valence-corrected chi connectivity index (χ4v) is 2.47. The van der Waals surface area contributed by atoms with Gasteiger partial charge >= 0.3 is 0 Å². The second kappa shape index (κ2) is 5.28. The molecule has 0 aliphatic carbocycles. The Hall–Kier alpha value is -0.120. The van der Waals surface area contributed by atoms with Gasteiger partial charge in [0.1, 0.15) is 0 Å². The van der Waals surface area contributed by atoms with Gasteiger partial charge in [0, 0.05) is 37.8 Å². The van der Waals surface area contributed by atoms with Gasteiger partial charge in [0.25, 0.3) is 0 Å². The van der Waals surface area contributed by atoms with Crippen LogP contribution >= 0.6 is 0 Å². The molecule has 1 heterocycles. The molecule has 0 aromatic carbocycles. The first-order valence-corrected chi connectivity index (χ1v) is 6.01. The minimum absolute atomic E-state index is 0.251. The highest BCUT2D eigenvalue weighted by Crippen LogP contribution is 2.23. The summed E-state index contributed by atoms with van der Waals surface area (Å²) in [6.45, 7) is 10.6. The summed E-state index contributed by atoms with van der Waals surface area (Å²) in [4.78, 5) is 4.98. The topological polar surface area (TPSA) is 26.7 Å². The first-order valence-electron chi connectivity index (χ1n) is 6.01. The van der Waals surface area contributed by atoms with Crippen LogP contribution in [0.4, 0.5) is 0 Å². The van der Waals surface area contributed by atoms with Gasteiger partial charge in [-0.2, -0.15) is 0 Å². The maximum atomic E-state index is 8.92. The number of piperazine rings is 1. The maximum Gasteiger partial charge on any atom is 0.0431 e. The second-order valence-corrected chi connectivity index (χ2v) is 5.65. The van der Waals surface area contributed by atoms with Gasteiger partial charge in [0.15, 0.2) is 0 Å². The highest BCUT2D eigenvalue weighted by molar-refractivity contribution is 4.88. The third kappa shape index (κ3) is 3.74. The third-order valence-electron chi connectivity index (χ3n) is 3.24. The third-order valence-corrected chi connectivity index (χ3v) is 3.24. The lowest BCUT2D eigenvalue weighted by Crippen LogP contribution is -2.58. The van der Waals surface area contributed by atoms with Crippen LogP contribution in [0.2, 0.25) is 0 Å². The highest BCUT2D eigenvalue weighted by atomic mass is 16.2. The Labute approximate surface area is 94.1 Å². The van der Waals surface area contributed by atoms with Gasteiger partial charge in [0.2, 0.25) is 0 Å². The lowest BCUT2D eigenvalue weighted by Gasteiger charge is -2.47. The van der Waals surface area contributed by atoms with Crippen LogP contribution in [0.25, 0.3) is 0 Å². The molecule has 1 N–H and O–H groups in total. The van der Waals surface area contributed by atoms with Crippen molar-refractivity contribution >= 4 is 0 Å². The number of hydrogen-bond donors (Lipinski definition) is 1. The lowest BCUT2D eigenvalue weighted by atomic mass is 9.97. The molecule has 15 heavy (non-hydrogen) atoms. The Bertz CT molecular complexity index is 189. The van der Waals surface area contributed by atoms with E-state index in [0.29, 0.717) is 12.6 Å². The van der Waals surface area contributed by atoms with E-state index in [1.54, 1.807) is 0 Å². The van der Waals surface area contributed by atoms with Crippen molar-refractivity contribution in [1.82, 2.24) is 9.80 Å². The average molecular weight is 214 g/mol. The van der Waals surface area contributed by atoms with E-state index in [-0.39, 0.29) is 5.54 Å². The Morgan fingerprint density at radius 3 is 2.47 bits per heavy atom. The van der Waals surface area contributed by atoms with Crippen molar-refractivity contribution in [3.05, 3.63) is 0 Å². The number of hydrogen-bond acceptors (Lipinski definition) is 3. The summed E-state index contributed by atoms with van der Waals surface area (Å²) in [5.41, 5.74) is 0.251. The predicted octanol–water partition coefficient (Wildman–Crippen LogP) is 1.17. The van der Waals surface area contributed by atoms with Crippen LogP contribution in [0.1, 0.15) is 33.6 Å². The van der Waals surface area contributed by atoms with E-state index in [2.05, 4.69) is 37.6 Å². The van der Waals surface area contributed by atoms with E-state index in [1.807, 2.05) is 0 Å². The van der Waals surface area contributed by atoms with Crippen molar-refractivity contribution in [3.8, 4) is 0 Å². The normalized spacial score (nSPS) is 25.8. The van der Waals surface area contributed by atoms with Crippen molar-refractivity contribution in [3.63, 3.8) is 0 Å². The molecule has 3 nitrogen and oxygen atoms in total. The van der Waals surface area contributed by atoms with Gasteiger partial charge in [-0.15, -0.1) is 0 Å². The summed E-state index contributed by atoms with van der Waals surface area (Å²) in [5, 5.41) is 8.92. The van der Waals surface area contributed by atoms with Crippen molar-refractivity contribution in [2.45, 2.75) is 45.2 Å². The number of rotatable bonds is 3. The minimum atomic E-state index is 0.251. The molecular weight excluding hydrogens is 188 g/mol. The summed E-state index contributed by atoms with van der Waals surface area (Å²) in [7, 11) is 2.19. The molecule has 3 heteroatoms. The van der Waals surface area contributed by atoms with Crippen LogP contribution in [0, 0.1) is 0 Å². The molecule has 0 amide bonds. The fourth-order valence-electron chi connectivity index (χ4n) is 2.47. The molecule has 1 atom stereocenters. The van der Waals surface area contributed by atoms with Gasteiger partial charge in [-0.05, 0) is 40.7 Å². The van der Waals surface area contributed by atoms with E-state index in [0.717, 1.165) is 32.5 Å². The SMILES string of the molecule is CN1CCN(C(C)(C)C)C(CCCO)C1. The molecule has 1 rings (SSSR count). The molecule has 1 fully saturated rings. The Morgan fingerprint density at radius 2 is 1.93 bits per heavy atom. The molecule has 0 bridgehead atoms. The van der Waals surface area contributed by atoms with Crippen molar-refractivity contribution in [1.29, 1.82) is 0 Å². The van der Waals surface area contributed by atoms with E-state index in [1.165, 1.54) is 0 Å². The predicted molar refractivity (Wildman–Crippen MR) is 64.1 cm³/mol. The standard InChI is InChI=1S/C12H26N2O/c1-12(2,3)14-8-7-13(4)10-11(14)6-5-9-15/h11,15H,5-10H2,1-4H3. The molecular formula is C12H26N2O. The van der Waals surface area contributed by atoms with Crippen LogP contribution in [-0.4, -0.2) is 59.8 Å². The van der Waals surface area contributed by atoms with Gasteiger partial charge in [-0.3, -0.25) is 4.90 Å². The van der Waals surface area contributed by atoms with E-state index in [4.69, 9.17) is 5.11 Å². The van der Waals surface area contributed by atoms with E-state index < -0.39 is 0 Å². The van der Waals surface area contributed by atoms with E-state index >= 15 is 0 Å². The van der Waals surface area contributed by atoms with Crippen LogP contribution in [0.5, 0.6) is 0 Å². The molecule has 0 aromatic rings. The zero-order valence-corrected chi connectivity index (χ0v) is 10.7. The van der Waals surface area contributed by atoms with Crippen LogP contribution < -0.4 is 0 Å². The zero-order chi connectivity index (χ0) is 11.5. The first kappa shape index (κ1) is 12.9. The van der Waals surface area contributed by atoms with Gasteiger partial charge in [-0.1, -0.05) is 0 Å². The monoisotopic (exact) mass is 214 g/mol. The molecule has 1 saturated heterocycles. The fraction of sp³-hybridized carbons (Fsp3) is 1.00. The van der Waals surface area contributed by atoms with E-state index in [9.17, 15) is 0 Å². The van der Waals surface area contributed by atoms with Crippen molar-refractivity contribution in [2.24, 2.45) is 0 Å².